The van der Waals surface area contributed by atoms with Gasteiger partial charge in [0.1, 0.15) is 0 Å². The van der Waals surface area contributed by atoms with E-state index in [1.165, 1.54) is 6.42 Å². The van der Waals surface area contributed by atoms with Crippen LogP contribution in [0.3, 0.4) is 0 Å². The van der Waals surface area contributed by atoms with Crippen LogP contribution in [0.4, 0.5) is 0 Å². The van der Waals surface area contributed by atoms with Crippen molar-refractivity contribution in [1.29, 1.82) is 0 Å². The number of carboxylic acid groups (broad SMARTS) is 1. The van der Waals surface area contributed by atoms with Crippen molar-refractivity contribution in [3.63, 3.8) is 0 Å². The summed E-state index contributed by atoms with van der Waals surface area (Å²) in [7, 11) is 0. The molecule has 2 rings (SSSR count). The molecule has 108 valence electrons. The molecule has 0 saturated heterocycles. The quantitative estimate of drug-likeness (QED) is 0.822. The van der Waals surface area contributed by atoms with Crippen molar-refractivity contribution in [2.45, 2.75) is 64.8 Å². The van der Waals surface area contributed by atoms with Crippen molar-refractivity contribution in [1.82, 2.24) is 5.32 Å². The van der Waals surface area contributed by atoms with E-state index in [2.05, 4.69) is 19.2 Å². The maximum Gasteiger partial charge on any atom is 0.310 e. The normalized spacial score (nSPS) is 33.3. The smallest absolute Gasteiger partial charge is 0.310 e. The molecule has 1 amide bonds. The molecule has 3 unspecified atom stereocenters. The van der Waals surface area contributed by atoms with E-state index >= 15 is 0 Å². The molecule has 0 bridgehead atoms. The fraction of sp³-hybridized carbons (Fsp3) is 0.867. The summed E-state index contributed by atoms with van der Waals surface area (Å²) in [5.41, 5.74) is -0.770. The number of carbonyl (C=O) groups is 2. The fourth-order valence-electron chi connectivity index (χ4n) is 3.42. The Bertz CT molecular complexity index is 362. The number of carboxylic acids is 1. The van der Waals surface area contributed by atoms with Gasteiger partial charge in [0.15, 0.2) is 0 Å². The lowest BCUT2D eigenvalue weighted by molar-refractivity contribution is -0.157. The number of nitrogens with one attached hydrogen (secondary N) is 1. The summed E-state index contributed by atoms with van der Waals surface area (Å²) in [6, 6.07) is 0.224. The summed E-state index contributed by atoms with van der Waals surface area (Å²) in [5, 5.41) is 12.3. The molecule has 19 heavy (non-hydrogen) atoms. The minimum absolute atomic E-state index is 0.0759. The second-order valence-electron chi connectivity index (χ2n) is 6.56. The maximum atomic E-state index is 12.1. The highest BCUT2D eigenvalue weighted by molar-refractivity contribution is 5.85. The third-order valence-electron chi connectivity index (χ3n) is 5.32. The van der Waals surface area contributed by atoms with Gasteiger partial charge in [0.25, 0.3) is 0 Å². The number of rotatable bonds is 4. The zero-order valence-electron chi connectivity index (χ0n) is 11.9. The predicted octanol–water partition coefficient (Wildman–Crippen LogP) is 2.57. The Kier molecular flexibility index (Phi) is 4.16. The van der Waals surface area contributed by atoms with Crippen LogP contribution >= 0.6 is 0 Å². The molecule has 2 aliphatic rings. The monoisotopic (exact) mass is 267 g/mol. The van der Waals surface area contributed by atoms with Crippen molar-refractivity contribution in [3.8, 4) is 0 Å². The van der Waals surface area contributed by atoms with Crippen LogP contribution in [0.5, 0.6) is 0 Å². The molecule has 2 saturated carbocycles. The molecule has 0 aromatic heterocycles. The number of hydrogen-bond donors (Lipinski definition) is 2. The molecule has 0 radical (unpaired) electrons. The molecule has 0 aliphatic heterocycles. The summed E-state index contributed by atoms with van der Waals surface area (Å²) >= 11 is 0. The van der Waals surface area contributed by atoms with Crippen molar-refractivity contribution < 1.29 is 14.7 Å². The third kappa shape index (κ3) is 2.93. The summed E-state index contributed by atoms with van der Waals surface area (Å²) in [4.78, 5) is 23.4. The molecular weight excluding hydrogens is 242 g/mol. The van der Waals surface area contributed by atoms with E-state index < -0.39 is 11.4 Å². The zero-order valence-corrected chi connectivity index (χ0v) is 11.9. The Labute approximate surface area is 115 Å². The highest BCUT2D eigenvalue weighted by Crippen LogP contribution is 2.44. The Morgan fingerprint density at radius 2 is 1.89 bits per heavy atom. The van der Waals surface area contributed by atoms with Crippen LogP contribution in [0.1, 0.15) is 58.8 Å². The van der Waals surface area contributed by atoms with Gasteiger partial charge < -0.3 is 10.4 Å². The van der Waals surface area contributed by atoms with Crippen LogP contribution in [0, 0.1) is 17.3 Å². The van der Waals surface area contributed by atoms with Gasteiger partial charge in [-0.05, 0) is 31.1 Å². The molecule has 4 heteroatoms. The average molecular weight is 267 g/mol. The van der Waals surface area contributed by atoms with E-state index in [0.717, 1.165) is 19.3 Å². The van der Waals surface area contributed by atoms with Crippen molar-refractivity contribution in [2.75, 3.05) is 0 Å². The molecular formula is C15H25NO3. The Balaban J connectivity index is 1.89. The first kappa shape index (κ1) is 14.4. The molecule has 4 nitrogen and oxygen atoms in total. The second kappa shape index (κ2) is 5.51. The summed E-state index contributed by atoms with van der Waals surface area (Å²) < 4.78 is 0. The SMILES string of the molecule is CC1CCCC(NC(=O)CC2(C(=O)O)CCC2)C1C. The van der Waals surface area contributed by atoms with Gasteiger partial charge in [-0.2, -0.15) is 0 Å². The Hall–Kier alpha value is -1.06. The first-order valence-corrected chi connectivity index (χ1v) is 7.47. The first-order chi connectivity index (χ1) is 8.94. The Morgan fingerprint density at radius 3 is 2.42 bits per heavy atom. The van der Waals surface area contributed by atoms with E-state index in [-0.39, 0.29) is 18.4 Å². The minimum atomic E-state index is -0.807. The van der Waals surface area contributed by atoms with Gasteiger partial charge in [0.2, 0.25) is 5.91 Å². The van der Waals surface area contributed by atoms with Crippen LogP contribution in [-0.2, 0) is 9.59 Å². The van der Waals surface area contributed by atoms with Gasteiger partial charge in [-0.3, -0.25) is 9.59 Å². The van der Waals surface area contributed by atoms with E-state index in [0.29, 0.717) is 24.7 Å². The Morgan fingerprint density at radius 1 is 1.21 bits per heavy atom. The topological polar surface area (TPSA) is 66.4 Å². The van der Waals surface area contributed by atoms with Crippen LogP contribution in [-0.4, -0.2) is 23.0 Å². The second-order valence-corrected chi connectivity index (χ2v) is 6.56. The van der Waals surface area contributed by atoms with E-state index in [1.807, 2.05) is 0 Å². The number of aliphatic carboxylic acids is 1. The molecule has 0 spiro atoms. The predicted molar refractivity (Wildman–Crippen MR) is 72.6 cm³/mol. The van der Waals surface area contributed by atoms with Gasteiger partial charge in [-0.15, -0.1) is 0 Å². The molecule has 2 fully saturated rings. The maximum absolute atomic E-state index is 12.1. The van der Waals surface area contributed by atoms with Gasteiger partial charge >= 0.3 is 5.97 Å². The molecule has 2 N–H and O–H groups in total. The van der Waals surface area contributed by atoms with Gasteiger partial charge in [-0.25, -0.2) is 0 Å². The van der Waals surface area contributed by atoms with Gasteiger partial charge in [0, 0.05) is 12.5 Å². The first-order valence-electron chi connectivity index (χ1n) is 7.47. The third-order valence-corrected chi connectivity index (χ3v) is 5.32. The minimum Gasteiger partial charge on any atom is -0.481 e. The molecule has 2 aliphatic carbocycles. The molecule has 3 atom stereocenters. The van der Waals surface area contributed by atoms with Crippen molar-refractivity contribution >= 4 is 11.9 Å². The van der Waals surface area contributed by atoms with Gasteiger partial charge in [-0.1, -0.05) is 33.1 Å². The molecule has 0 aromatic rings. The number of carbonyl (C=O) groups excluding carboxylic acids is 1. The van der Waals surface area contributed by atoms with Crippen LogP contribution in [0.15, 0.2) is 0 Å². The lowest BCUT2D eigenvalue weighted by atomic mass is 9.66. The lowest BCUT2D eigenvalue weighted by Gasteiger charge is -2.39. The summed E-state index contributed by atoms with van der Waals surface area (Å²) in [5.74, 6) is 0.239. The lowest BCUT2D eigenvalue weighted by Crippen LogP contribution is -2.48. The van der Waals surface area contributed by atoms with Crippen molar-refractivity contribution in [2.24, 2.45) is 17.3 Å². The summed E-state index contributed by atoms with van der Waals surface area (Å²) in [6.07, 6.45) is 5.78. The van der Waals surface area contributed by atoms with Gasteiger partial charge in [0.05, 0.1) is 5.41 Å². The number of hydrogen-bond acceptors (Lipinski definition) is 2. The largest absolute Gasteiger partial charge is 0.481 e. The highest BCUT2D eigenvalue weighted by Gasteiger charge is 2.46. The standard InChI is InChI=1S/C15H25NO3/c1-10-5-3-6-12(11(10)2)16-13(17)9-15(14(18)19)7-4-8-15/h10-12H,3-9H2,1-2H3,(H,16,17)(H,18,19). The zero-order chi connectivity index (χ0) is 14.0. The average Bonchev–Trinajstić information content (AvgIpc) is 2.29. The van der Waals surface area contributed by atoms with Crippen molar-refractivity contribution in [3.05, 3.63) is 0 Å². The molecule has 0 heterocycles. The van der Waals surface area contributed by atoms with E-state index in [1.54, 1.807) is 0 Å². The van der Waals surface area contributed by atoms with E-state index in [4.69, 9.17) is 0 Å². The van der Waals surface area contributed by atoms with Crippen LogP contribution < -0.4 is 5.32 Å². The highest BCUT2D eigenvalue weighted by atomic mass is 16.4. The fourth-order valence-corrected chi connectivity index (χ4v) is 3.42. The van der Waals surface area contributed by atoms with Crippen LogP contribution in [0.2, 0.25) is 0 Å². The van der Waals surface area contributed by atoms with E-state index in [9.17, 15) is 14.7 Å². The molecule has 0 aromatic carbocycles. The van der Waals surface area contributed by atoms with Crippen LogP contribution in [0.25, 0.3) is 0 Å². The summed E-state index contributed by atoms with van der Waals surface area (Å²) in [6.45, 7) is 4.42. The number of amides is 1.